The fourth-order valence-electron chi connectivity index (χ4n) is 3.54. The number of pyridine rings is 1. The Morgan fingerprint density at radius 3 is 1.92 bits per heavy atom. The highest BCUT2D eigenvalue weighted by molar-refractivity contribution is 7.80. The van der Waals surface area contributed by atoms with Crippen molar-refractivity contribution < 1.29 is 23.7 Å². The van der Waals surface area contributed by atoms with Crippen molar-refractivity contribution in [2.45, 2.75) is 18.1 Å². The number of nitrogens with zero attached hydrogens (tertiary/aromatic N) is 1. The van der Waals surface area contributed by atoms with Crippen LogP contribution in [0.4, 0.5) is 0 Å². The van der Waals surface area contributed by atoms with Gasteiger partial charge in [0.25, 0.3) is 5.56 Å². The molecule has 0 atom stereocenters. The second kappa shape index (κ2) is 12.7. The van der Waals surface area contributed by atoms with Crippen LogP contribution in [0.1, 0.15) is 21.5 Å². The summed E-state index contributed by atoms with van der Waals surface area (Å²) in [4.78, 5) is 25.5. The van der Waals surface area contributed by atoms with Gasteiger partial charge in [-0.05, 0) is 59.7 Å². The van der Waals surface area contributed by atoms with Crippen molar-refractivity contribution in [2.75, 3.05) is 26.2 Å². The largest absolute Gasteiger partial charge is 0.497 e. The topological polar surface area (TPSA) is 88.0 Å². The molecule has 1 N–H and O–H groups in total. The van der Waals surface area contributed by atoms with E-state index in [2.05, 4.69) is 18.1 Å². The molecule has 0 aliphatic heterocycles. The summed E-state index contributed by atoms with van der Waals surface area (Å²) in [5, 5.41) is 0. The molecule has 9 heteroatoms. The molecule has 0 fully saturated rings. The minimum Gasteiger partial charge on any atom is -0.497 e. The van der Waals surface area contributed by atoms with Gasteiger partial charge < -0.3 is 24.4 Å². The maximum Gasteiger partial charge on any atom is 0.269 e. The van der Waals surface area contributed by atoms with Crippen molar-refractivity contribution in [2.24, 2.45) is 0 Å². The van der Waals surface area contributed by atoms with Crippen molar-refractivity contribution in [3.05, 3.63) is 112 Å². The molecule has 0 aliphatic carbocycles. The van der Waals surface area contributed by atoms with Crippen LogP contribution in [0.15, 0.2) is 94.7 Å². The van der Waals surface area contributed by atoms with Crippen LogP contribution in [0.5, 0.6) is 23.0 Å². The monoisotopic (exact) mass is 532 g/mol. The third-order valence-electron chi connectivity index (χ3n) is 5.69. The molecular formula is C29H28N2O6S. The average molecular weight is 533 g/mol. The van der Waals surface area contributed by atoms with Gasteiger partial charge in [-0.1, -0.05) is 24.3 Å². The molecule has 1 aromatic heterocycles. The number of ether oxygens (including phenoxy) is 4. The Kier molecular flexibility index (Phi) is 8.94. The summed E-state index contributed by atoms with van der Waals surface area (Å²) in [6.45, 7) is 0.488. The first-order chi connectivity index (χ1) is 18.4. The van der Waals surface area contributed by atoms with Crippen molar-refractivity contribution in [3.63, 3.8) is 0 Å². The molecule has 0 bridgehead atoms. The zero-order valence-electron chi connectivity index (χ0n) is 21.0. The van der Waals surface area contributed by atoms with Gasteiger partial charge in [0.15, 0.2) is 17.3 Å². The van der Waals surface area contributed by atoms with Gasteiger partial charge in [0, 0.05) is 22.7 Å². The van der Waals surface area contributed by atoms with Crippen LogP contribution in [0.3, 0.4) is 0 Å². The van der Waals surface area contributed by atoms with Crippen LogP contribution in [0, 0.1) is 0 Å². The molecule has 4 rings (SSSR count). The van der Waals surface area contributed by atoms with Crippen molar-refractivity contribution in [3.8, 4) is 23.0 Å². The zero-order chi connectivity index (χ0) is 26.9. The number of thiol groups is 1. The number of methoxy groups -OCH3 is 2. The SMILES string of the molecule is COc1ccc(COc2ccc(C(=O)CNn3ccc(S)cc3=O)cc2OCc2ccc(OC)cc2)cc1. The van der Waals surface area contributed by atoms with Gasteiger partial charge >= 0.3 is 0 Å². The Hall–Kier alpha value is -4.37. The minimum absolute atomic E-state index is 0.0875. The van der Waals surface area contributed by atoms with Crippen LogP contribution >= 0.6 is 12.6 Å². The van der Waals surface area contributed by atoms with Gasteiger partial charge in [-0.3, -0.25) is 9.59 Å². The normalized spacial score (nSPS) is 10.5. The number of aromatic nitrogens is 1. The van der Waals surface area contributed by atoms with E-state index in [4.69, 9.17) is 18.9 Å². The van der Waals surface area contributed by atoms with E-state index in [0.29, 0.717) is 28.6 Å². The number of ketones is 1. The maximum atomic E-state index is 12.9. The van der Waals surface area contributed by atoms with E-state index in [9.17, 15) is 9.59 Å². The lowest BCUT2D eigenvalue weighted by Gasteiger charge is -2.15. The summed E-state index contributed by atoms with van der Waals surface area (Å²) >= 11 is 4.15. The molecule has 4 aromatic rings. The summed E-state index contributed by atoms with van der Waals surface area (Å²) in [5.74, 6) is 2.22. The average Bonchev–Trinajstić information content (AvgIpc) is 2.95. The Morgan fingerprint density at radius 2 is 1.37 bits per heavy atom. The van der Waals surface area contributed by atoms with Crippen LogP contribution in [-0.4, -0.2) is 31.2 Å². The molecule has 0 aliphatic rings. The first-order valence-corrected chi connectivity index (χ1v) is 12.2. The molecule has 38 heavy (non-hydrogen) atoms. The van der Waals surface area contributed by atoms with E-state index in [-0.39, 0.29) is 24.5 Å². The lowest BCUT2D eigenvalue weighted by molar-refractivity contribution is 0.100. The lowest BCUT2D eigenvalue weighted by Crippen LogP contribution is -2.31. The van der Waals surface area contributed by atoms with Crippen LogP contribution in [0.2, 0.25) is 0 Å². The van der Waals surface area contributed by atoms with Gasteiger partial charge in [0.1, 0.15) is 24.7 Å². The molecule has 0 radical (unpaired) electrons. The Balaban J connectivity index is 1.50. The van der Waals surface area contributed by atoms with Crippen molar-refractivity contribution >= 4 is 18.4 Å². The van der Waals surface area contributed by atoms with Gasteiger partial charge in [0.05, 0.1) is 20.8 Å². The highest BCUT2D eigenvalue weighted by Crippen LogP contribution is 2.30. The first-order valence-electron chi connectivity index (χ1n) is 11.8. The quantitative estimate of drug-likeness (QED) is 0.201. The Labute approximate surface area is 226 Å². The number of hydrogen-bond donors (Lipinski definition) is 2. The second-order valence-corrected chi connectivity index (χ2v) is 8.80. The molecule has 0 spiro atoms. The number of carbonyl (C=O) groups is 1. The maximum absolute atomic E-state index is 12.9. The fraction of sp³-hybridized carbons (Fsp3) is 0.172. The number of rotatable bonds is 12. The molecule has 0 saturated carbocycles. The van der Waals surface area contributed by atoms with Crippen molar-refractivity contribution in [1.82, 2.24) is 4.68 Å². The molecule has 3 aromatic carbocycles. The summed E-state index contributed by atoms with van der Waals surface area (Å²) < 4.78 is 23.8. The summed E-state index contributed by atoms with van der Waals surface area (Å²) in [5.41, 5.74) is 4.81. The van der Waals surface area contributed by atoms with E-state index in [1.54, 1.807) is 38.5 Å². The van der Waals surface area contributed by atoms with Crippen LogP contribution in [-0.2, 0) is 13.2 Å². The van der Waals surface area contributed by atoms with Gasteiger partial charge in [-0.15, -0.1) is 12.6 Å². The number of carbonyl (C=O) groups excluding carboxylic acids is 1. The number of hydrogen-bond acceptors (Lipinski definition) is 8. The Bertz CT molecular complexity index is 1440. The molecule has 0 unspecified atom stereocenters. The molecule has 8 nitrogen and oxygen atoms in total. The van der Waals surface area contributed by atoms with E-state index in [1.807, 2.05) is 48.5 Å². The summed E-state index contributed by atoms with van der Waals surface area (Å²) in [6, 6.07) is 23.1. The standard InChI is InChI=1S/C29H28N2O6S/c1-34-23-8-3-20(4-9-23)18-36-27-12-7-22(26(32)17-30-31-14-13-25(38)16-29(31)33)15-28(27)37-19-21-5-10-24(35-2)11-6-21/h3-16,30,38H,17-19H2,1-2H3. The summed E-state index contributed by atoms with van der Waals surface area (Å²) in [6.07, 6.45) is 1.53. The predicted molar refractivity (Wildman–Crippen MR) is 148 cm³/mol. The highest BCUT2D eigenvalue weighted by atomic mass is 32.1. The van der Waals surface area contributed by atoms with Gasteiger partial charge in [-0.2, -0.15) is 0 Å². The van der Waals surface area contributed by atoms with Crippen molar-refractivity contribution in [1.29, 1.82) is 0 Å². The molecule has 1 heterocycles. The number of benzene rings is 3. The van der Waals surface area contributed by atoms with Crippen LogP contribution in [0.25, 0.3) is 0 Å². The number of nitrogens with one attached hydrogen (secondary N) is 1. The second-order valence-electron chi connectivity index (χ2n) is 8.29. The third kappa shape index (κ3) is 7.10. The van der Waals surface area contributed by atoms with E-state index in [0.717, 1.165) is 22.6 Å². The zero-order valence-corrected chi connectivity index (χ0v) is 21.9. The molecule has 196 valence electrons. The first kappa shape index (κ1) is 26.7. The van der Waals surface area contributed by atoms with E-state index < -0.39 is 0 Å². The smallest absolute Gasteiger partial charge is 0.269 e. The fourth-order valence-corrected chi connectivity index (χ4v) is 3.71. The van der Waals surface area contributed by atoms with Gasteiger partial charge in [0.2, 0.25) is 0 Å². The summed E-state index contributed by atoms with van der Waals surface area (Å²) in [7, 11) is 3.23. The third-order valence-corrected chi connectivity index (χ3v) is 5.96. The molecule has 0 amide bonds. The molecule has 0 saturated heterocycles. The lowest BCUT2D eigenvalue weighted by atomic mass is 10.1. The van der Waals surface area contributed by atoms with Crippen LogP contribution < -0.4 is 29.9 Å². The number of Topliss-reactive ketones (excluding diaryl/α,β-unsaturated/α-hetero) is 1. The van der Waals surface area contributed by atoms with Gasteiger partial charge in [-0.25, -0.2) is 4.68 Å². The Morgan fingerprint density at radius 1 is 0.789 bits per heavy atom. The van der Waals surface area contributed by atoms with E-state index >= 15 is 0 Å². The minimum atomic E-state index is -0.309. The van der Waals surface area contributed by atoms with E-state index in [1.165, 1.54) is 16.9 Å². The highest BCUT2D eigenvalue weighted by Gasteiger charge is 2.13. The molecular weight excluding hydrogens is 504 g/mol. The predicted octanol–water partition coefficient (Wildman–Crippen LogP) is 4.74.